The number of nitro groups is 1. The second-order valence-electron chi connectivity index (χ2n) is 7.59. The number of amides is 1. The lowest BCUT2D eigenvalue weighted by Crippen LogP contribution is -2.31. The maximum atomic E-state index is 13.1. The minimum Gasteiger partial charge on any atom is -0.507 e. The molecule has 4 rings (SSSR count). The van der Waals surface area contributed by atoms with Crippen LogP contribution in [0.5, 0.6) is 0 Å². The third kappa shape index (κ3) is 4.56. The van der Waals surface area contributed by atoms with E-state index in [4.69, 9.17) is 0 Å². The number of carbonyl (C=O) groups excluding carboxylic acids is 2. The average molecular weight is 507 g/mol. The SMILES string of the molecule is O=C1C(=O)N(CCc2ccccc2)C(c2cccc([N+](=O)[O-])c2)/C1=C(/O)c1ccc(Br)cc1. The van der Waals surface area contributed by atoms with Gasteiger partial charge >= 0.3 is 0 Å². The molecule has 1 aliphatic rings. The van der Waals surface area contributed by atoms with E-state index in [2.05, 4.69) is 15.9 Å². The van der Waals surface area contributed by atoms with Crippen molar-refractivity contribution in [3.8, 4) is 0 Å². The Labute approximate surface area is 198 Å². The molecule has 8 heteroatoms. The fourth-order valence-electron chi connectivity index (χ4n) is 3.92. The fourth-order valence-corrected chi connectivity index (χ4v) is 4.19. The van der Waals surface area contributed by atoms with Crippen LogP contribution in [0.1, 0.15) is 22.7 Å². The maximum Gasteiger partial charge on any atom is 0.295 e. The quantitative estimate of drug-likeness (QED) is 0.166. The predicted octanol–water partition coefficient (Wildman–Crippen LogP) is 5.02. The average Bonchev–Trinajstić information content (AvgIpc) is 3.08. The van der Waals surface area contributed by atoms with Gasteiger partial charge in [-0.1, -0.05) is 70.5 Å². The summed E-state index contributed by atoms with van der Waals surface area (Å²) in [7, 11) is 0. The standard InChI is InChI=1S/C25H19BrN2O5/c26-19-11-9-17(10-12-19)23(29)21-22(18-7-4-8-20(15-18)28(32)33)27(25(31)24(21)30)14-13-16-5-2-1-3-6-16/h1-12,15,22,29H,13-14H2/b23-21-. The van der Waals surface area contributed by atoms with Gasteiger partial charge in [0.2, 0.25) is 0 Å². The number of benzene rings is 3. The lowest BCUT2D eigenvalue weighted by molar-refractivity contribution is -0.384. The van der Waals surface area contributed by atoms with Crippen molar-refractivity contribution in [1.82, 2.24) is 4.90 Å². The Morgan fingerprint density at radius 1 is 1.00 bits per heavy atom. The van der Waals surface area contributed by atoms with Gasteiger partial charge < -0.3 is 10.0 Å². The first-order valence-electron chi connectivity index (χ1n) is 10.2. The summed E-state index contributed by atoms with van der Waals surface area (Å²) in [6.45, 7) is 0.207. The molecule has 1 atom stereocenters. The third-order valence-electron chi connectivity index (χ3n) is 5.54. The van der Waals surface area contributed by atoms with Crippen molar-refractivity contribution < 1.29 is 19.6 Å². The molecule has 0 radical (unpaired) electrons. The molecule has 0 aliphatic carbocycles. The molecule has 7 nitrogen and oxygen atoms in total. The van der Waals surface area contributed by atoms with Crippen molar-refractivity contribution in [3.05, 3.63) is 116 Å². The maximum absolute atomic E-state index is 13.1. The molecule has 0 aromatic heterocycles. The van der Waals surface area contributed by atoms with Gasteiger partial charge in [0.15, 0.2) is 0 Å². The van der Waals surface area contributed by atoms with Crippen molar-refractivity contribution >= 4 is 39.1 Å². The van der Waals surface area contributed by atoms with Gasteiger partial charge in [0, 0.05) is 28.7 Å². The first-order chi connectivity index (χ1) is 15.9. The third-order valence-corrected chi connectivity index (χ3v) is 6.07. The summed E-state index contributed by atoms with van der Waals surface area (Å²) < 4.78 is 0.789. The molecule has 3 aromatic rings. The highest BCUT2D eigenvalue weighted by atomic mass is 79.9. The highest BCUT2D eigenvalue weighted by Crippen LogP contribution is 2.40. The summed E-state index contributed by atoms with van der Waals surface area (Å²) in [4.78, 5) is 38.3. The molecule has 1 unspecified atom stereocenters. The van der Waals surface area contributed by atoms with Gasteiger partial charge in [0.1, 0.15) is 5.76 Å². The van der Waals surface area contributed by atoms with Gasteiger partial charge in [-0.3, -0.25) is 19.7 Å². The zero-order valence-electron chi connectivity index (χ0n) is 17.3. The van der Waals surface area contributed by atoms with Gasteiger partial charge in [-0.05, 0) is 29.7 Å². The molecule has 1 saturated heterocycles. The molecule has 33 heavy (non-hydrogen) atoms. The molecular formula is C25H19BrN2O5. The number of nitrogens with zero attached hydrogens (tertiary/aromatic N) is 2. The van der Waals surface area contributed by atoms with Gasteiger partial charge in [0.05, 0.1) is 16.5 Å². The summed E-state index contributed by atoms with van der Waals surface area (Å²) in [6.07, 6.45) is 0.484. The van der Waals surface area contributed by atoms with E-state index in [0.29, 0.717) is 17.5 Å². The second kappa shape index (κ2) is 9.38. The van der Waals surface area contributed by atoms with Gasteiger partial charge in [-0.15, -0.1) is 0 Å². The van der Waals surface area contributed by atoms with Gasteiger partial charge in [-0.2, -0.15) is 0 Å². The number of non-ortho nitro benzene ring substituents is 1. The van der Waals surface area contributed by atoms with Crippen LogP contribution in [0.15, 0.2) is 88.9 Å². The molecular weight excluding hydrogens is 488 g/mol. The molecule has 1 heterocycles. The summed E-state index contributed by atoms with van der Waals surface area (Å²) in [5.41, 5.74) is 1.48. The Hall–Kier alpha value is -3.78. The van der Waals surface area contributed by atoms with E-state index in [1.165, 1.54) is 23.1 Å². The predicted molar refractivity (Wildman–Crippen MR) is 126 cm³/mol. The topological polar surface area (TPSA) is 101 Å². The number of halogens is 1. The number of aliphatic hydroxyl groups excluding tert-OH is 1. The van der Waals surface area contributed by atoms with Crippen molar-refractivity contribution in [1.29, 1.82) is 0 Å². The molecule has 0 bridgehead atoms. The number of nitro benzene ring substituents is 1. The van der Waals surface area contributed by atoms with E-state index in [1.54, 1.807) is 30.3 Å². The number of hydrogen-bond donors (Lipinski definition) is 1. The highest BCUT2D eigenvalue weighted by Gasteiger charge is 2.46. The van der Waals surface area contributed by atoms with E-state index in [0.717, 1.165) is 10.0 Å². The van der Waals surface area contributed by atoms with Crippen LogP contribution < -0.4 is 0 Å². The molecule has 0 saturated carbocycles. The number of Topliss-reactive ketones (excluding diaryl/α,β-unsaturated/α-hetero) is 1. The number of aliphatic hydroxyl groups is 1. The van der Waals surface area contributed by atoms with Gasteiger partial charge in [-0.25, -0.2) is 0 Å². The smallest absolute Gasteiger partial charge is 0.295 e. The van der Waals surface area contributed by atoms with Crippen LogP contribution in [0.2, 0.25) is 0 Å². The van der Waals surface area contributed by atoms with Crippen LogP contribution >= 0.6 is 15.9 Å². The molecule has 1 N–H and O–H groups in total. The van der Waals surface area contributed by atoms with E-state index in [-0.39, 0.29) is 23.6 Å². The van der Waals surface area contributed by atoms with Crippen LogP contribution in [0.25, 0.3) is 5.76 Å². The number of likely N-dealkylation sites (tertiary alicyclic amines) is 1. The second-order valence-corrected chi connectivity index (χ2v) is 8.50. The van der Waals surface area contributed by atoms with Crippen LogP contribution in [-0.2, 0) is 16.0 Å². The molecule has 166 valence electrons. The van der Waals surface area contributed by atoms with Crippen molar-refractivity contribution in [2.45, 2.75) is 12.5 Å². The highest BCUT2D eigenvalue weighted by molar-refractivity contribution is 9.10. The Balaban J connectivity index is 1.82. The minimum atomic E-state index is -0.947. The Morgan fingerprint density at radius 2 is 1.70 bits per heavy atom. The zero-order chi connectivity index (χ0) is 23.5. The summed E-state index contributed by atoms with van der Waals surface area (Å²) in [6, 6.07) is 21.0. The number of rotatable bonds is 6. The Kier molecular flexibility index (Phi) is 6.37. The van der Waals surface area contributed by atoms with Crippen molar-refractivity contribution in [3.63, 3.8) is 0 Å². The van der Waals surface area contributed by atoms with E-state index < -0.39 is 22.7 Å². The lowest BCUT2D eigenvalue weighted by Gasteiger charge is -2.25. The van der Waals surface area contributed by atoms with Crippen LogP contribution in [-0.4, -0.2) is 33.2 Å². The normalized spacial score (nSPS) is 17.4. The summed E-state index contributed by atoms with van der Waals surface area (Å²) >= 11 is 3.33. The van der Waals surface area contributed by atoms with Crippen molar-refractivity contribution in [2.24, 2.45) is 0 Å². The van der Waals surface area contributed by atoms with E-state index in [1.807, 2.05) is 30.3 Å². The van der Waals surface area contributed by atoms with Crippen molar-refractivity contribution in [2.75, 3.05) is 6.54 Å². The Morgan fingerprint density at radius 3 is 2.36 bits per heavy atom. The number of hydrogen-bond acceptors (Lipinski definition) is 5. The molecule has 1 fully saturated rings. The van der Waals surface area contributed by atoms with Crippen LogP contribution in [0, 0.1) is 10.1 Å². The van der Waals surface area contributed by atoms with E-state index >= 15 is 0 Å². The number of ketones is 1. The van der Waals surface area contributed by atoms with E-state index in [9.17, 15) is 24.8 Å². The summed E-state index contributed by atoms with van der Waals surface area (Å²) in [5, 5.41) is 22.4. The zero-order valence-corrected chi connectivity index (χ0v) is 18.9. The molecule has 3 aromatic carbocycles. The molecule has 0 spiro atoms. The molecule has 1 amide bonds. The van der Waals surface area contributed by atoms with Gasteiger partial charge in [0.25, 0.3) is 17.4 Å². The minimum absolute atomic E-state index is 0.0871. The monoisotopic (exact) mass is 506 g/mol. The Bertz CT molecular complexity index is 1260. The first-order valence-corrected chi connectivity index (χ1v) is 11.0. The van der Waals surface area contributed by atoms with Crippen LogP contribution in [0.3, 0.4) is 0 Å². The molecule has 1 aliphatic heterocycles. The van der Waals surface area contributed by atoms with Crippen LogP contribution in [0.4, 0.5) is 5.69 Å². The first kappa shape index (κ1) is 22.4. The number of carbonyl (C=O) groups is 2. The lowest BCUT2D eigenvalue weighted by atomic mass is 9.95. The largest absolute Gasteiger partial charge is 0.507 e. The fraction of sp³-hybridized carbons (Fsp3) is 0.120. The summed E-state index contributed by atoms with van der Waals surface area (Å²) in [5.74, 6) is -1.89.